The highest BCUT2D eigenvalue weighted by Crippen LogP contribution is 2.39. The summed E-state index contributed by atoms with van der Waals surface area (Å²) in [6.07, 6.45) is -3.07. The molecule has 0 bridgehead atoms. The average molecular weight is 273 g/mol. The Morgan fingerprint density at radius 2 is 2.05 bits per heavy atom. The zero-order valence-corrected chi connectivity index (χ0v) is 10.1. The van der Waals surface area contributed by atoms with Crippen LogP contribution >= 0.6 is 0 Å². The van der Waals surface area contributed by atoms with E-state index in [1.54, 1.807) is 0 Å². The predicted octanol–water partition coefficient (Wildman–Crippen LogP) is 1.65. The second kappa shape index (κ2) is 5.08. The molecule has 0 amide bonds. The summed E-state index contributed by atoms with van der Waals surface area (Å²) < 4.78 is 45.9. The van der Waals surface area contributed by atoms with E-state index in [2.05, 4.69) is 4.99 Å². The minimum Gasteiger partial charge on any atom is -0.399 e. The number of nitrogens with zero attached hydrogens (tertiary/aromatic N) is 1. The summed E-state index contributed by atoms with van der Waals surface area (Å²) in [7, 11) is 0. The van der Waals surface area contributed by atoms with Gasteiger partial charge in [-0.3, -0.25) is 4.99 Å². The summed E-state index contributed by atoms with van der Waals surface area (Å²) in [5, 5.41) is 0. The van der Waals surface area contributed by atoms with Gasteiger partial charge in [0.1, 0.15) is 18.3 Å². The van der Waals surface area contributed by atoms with E-state index in [9.17, 15) is 13.2 Å². The molecule has 4 nitrogen and oxygen atoms in total. The molecule has 0 aliphatic carbocycles. The lowest BCUT2D eigenvalue weighted by molar-refractivity contribution is 0.0331. The number of rotatable bonds is 2. The van der Waals surface area contributed by atoms with Gasteiger partial charge in [-0.2, -0.15) is 0 Å². The fourth-order valence-electron chi connectivity index (χ4n) is 2.09. The predicted molar refractivity (Wildman–Crippen MR) is 65.6 cm³/mol. The number of ether oxygens (including phenoxy) is 1. The van der Waals surface area contributed by atoms with Gasteiger partial charge >= 0.3 is 0 Å². The van der Waals surface area contributed by atoms with Crippen LogP contribution in [-0.2, 0) is 10.3 Å². The Balaban J connectivity index is 2.61. The Kier molecular flexibility index (Phi) is 3.66. The molecule has 1 unspecified atom stereocenters. The average Bonchev–Trinajstić information content (AvgIpc) is 2.55. The molecule has 1 aliphatic rings. The highest BCUT2D eigenvalue weighted by molar-refractivity contribution is 5.82. The number of amidine groups is 1. The molecule has 0 radical (unpaired) electrons. The van der Waals surface area contributed by atoms with Gasteiger partial charge in [0, 0.05) is 17.7 Å². The van der Waals surface area contributed by atoms with E-state index in [1.165, 1.54) is 12.1 Å². The van der Waals surface area contributed by atoms with Crippen molar-refractivity contribution in [1.82, 2.24) is 0 Å². The zero-order chi connectivity index (χ0) is 14.0. The van der Waals surface area contributed by atoms with E-state index in [0.717, 1.165) is 6.07 Å². The molecule has 7 heteroatoms. The number of benzene rings is 1. The third kappa shape index (κ3) is 2.51. The first kappa shape index (κ1) is 13.7. The van der Waals surface area contributed by atoms with Crippen LogP contribution in [0.5, 0.6) is 0 Å². The summed E-state index contributed by atoms with van der Waals surface area (Å²) in [5.41, 5.74) is 8.95. The summed E-state index contributed by atoms with van der Waals surface area (Å²) in [6, 6.07) is 3.52. The van der Waals surface area contributed by atoms with Gasteiger partial charge in [0.15, 0.2) is 5.54 Å². The topological polar surface area (TPSA) is 73.6 Å². The Morgan fingerprint density at radius 3 is 2.74 bits per heavy atom. The van der Waals surface area contributed by atoms with Gasteiger partial charge in [0.2, 0.25) is 0 Å². The lowest BCUT2D eigenvalue weighted by Crippen LogP contribution is -2.36. The molecular weight excluding hydrogens is 259 g/mol. The number of nitrogen functional groups attached to an aromatic ring is 1. The van der Waals surface area contributed by atoms with Gasteiger partial charge in [-0.05, 0) is 18.2 Å². The molecule has 0 saturated carbocycles. The van der Waals surface area contributed by atoms with Crippen LogP contribution in [0.25, 0.3) is 0 Å². The Morgan fingerprint density at radius 1 is 1.32 bits per heavy atom. The summed E-state index contributed by atoms with van der Waals surface area (Å²) in [5.74, 6) is -0.868. The Hall–Kier alpha value is -1.76. The monoisotopic (exact) mass is 273 g/mol. The van der Waals surface area contributed by atoms with Crippen molar-refractivity contribution in [2.45, 2.75) is 18.4 Å². The van der Waals surface area contributed by atoms with Crippen molar-refractivity contribution in [3.05, 3.63) is 29.6 Å². The summed E-state index contributed by atoms with van der Waals surface area (Å²) >= 11 is 0. The van der Waals surface area contributed by atoms with Gasteiger partial charge < -0.3 is 16.2 Å². The van der Waals surface area contributed by atoms with E-state index in [-0.39, 0.29) is 36.7 Å². The molecule has 1 atom stereocenters. The summed E-state index contributed by atoms with van der Waals surface area (Å²) in [4.78, 5) is 3.80. The van der Waals surface area contributed by atoms with Crippen LogP contribution in [-0.4, -0.2) is 25.5 Å². The minimum atomic E-state index is -2.91. The number of nitrogens with two attached hydrogens (primary N) is 2. The molecule has 2 rings (SSSR count). The van der Waals surface area contributed by atoms with Gasteiger partial charge in [0.25, 0.3) is 6.43 Å². The molecule has 1 aromatic rings. The van der Waals surface area contributed by atoms with Crippen molar-refractivity contribution in [1.29, 1.82) is 0 Å². The highest BCUT2D eigenvalue weighted by atomic mass is 19.3. The minimum absolute atomic E-state index is 0.0166. The Labute approximate surface area is 108 Å². The smallest absolute Gasteiger partial charge is 0.267 e. The number of alkyl halides is 2. The number of hydrogen-bond donors (Lipinski definition) is 2. The van der Waals surface area contributed by atoms with E-state index >= 15 is 0 Å². The second-order valence-corrected chi connectivity index (χ2v) is 4.37. The number of aliphatic imine (C=N–C) groups is 1. The maximum absolute atomic E-state index is 13.9. The lowest BCUT2D eigenvalue weighted by Gasteiger charge is -2.29. The van der Waals surface area contributed by atoms with Crippen molar-refractivity contribution < 1.29 is 17.9 Å². The molecule has 104 valence electrons. The van der Waals surface area contributed by atoms with Crippen LogP contribution in [0.3, 0.4) is 0 Å². The number of hydrogen-bond acceptors (Lipinski definition) is 4. The first-order chi connectivity index (χ1) is 8.95. The summed E-state index contributed by atoms with van der Waals surface area (Å²) in [6.45, 7) is -0.0266. The third-order valence-electron chi connectivity index (χ3n) is 3.04. The van der Waals surface area contributed by atoms with Crippen molar-refractivity contribution in [3.63, 3.8) is 0 Å². The van der Waals surface area contributed by atoms with Crippen molar-refractivity contribution in [2.24, 2.45) is 10.7 Å². The van der Waals surface area contributed by atoms with Crippen molar-refractivity contribution in [2.75, 3.05) is 18.9 Å². The van der Waals surface area contributed by atoms with Crippen LogP contribution in [0, 0.1) is 5.82 Å². The molecule has 1 aromatic carbocycles. The van der Waals surface area contributed by atoms with Gasteiger partial charge in [-0.1, -0.05) is 0 Å². The van der Waals surface area contributed by atoms with Crippen molar-refractivity contribution >= 4 is 11.5 Å². The standard InChI is InChI=1S/C12H14F3N3O/c13-9-2-1-7(16)5-8(9)12(11(14)15)3-4-19-6-10(17)18-12/h1-2,5,11H,3-4,6,16H2,(H2,17,18). The number of halogens is 3. The van der Waals surface area contributed by atoms with Gasteiger partial charge in [0.05, 0.1) is 6.61 Å². The zero-order valence-electron chi connectivity index (χ0n) is 10.1. The largest absolute Gasteiger partial charge is 0.399 e. The van der Waals surface area contributed by atoms with Crippen LogP contribution in [0.2, 0.25) is 0 Å². The maximum atomic E-state index is 13.9. The van der Waals surface area contributed by atoms with Crippen LogP contribution < -0.4 is 11.5 Å². The molecule has 4 N–H and O–H groups in total. The highest BCUT2D eigenvalue weighted by Gasteiger charge is 2.44. The second-order valence-electron chi connectivity index (χ2n) is 4.37. The van der Waals surface area contributed by atoms with Crippen LogP contribution in [0.15, 0.2) is 23.2 Å². The SMILES string of the molecule is NC1=NC(c2cc(N)ccc2F)(C(F)F)CCOC1. The molecule has 1 aliphatic heterocycles. The fourth-order valence-corrected chi connectivity index (χ4v) is 2.09. The molecule has 0 saturated heterocycles. The first-order valence-electron chi connectivity index (χ1n) is 5.71. The van der Waals surface area contributed by atoms with Crippen molar-refractivity contribution in [3.8, 4) is 0 Å². The molecule has 19 heavy (non-hydrogen) atoms. The fraction of sp³-hybridized carbons (Fsp3) is 0.417. The normalized spacial score (nSPS) is 24.1. The molecule has 0 spiro atoms. The van der Waals surface area contributed by atoms with Crippen LogP contribution in [0.4, 0.5) is 18.9 Å². The van der Waals surface area contributed by atoms with E-state index in [4.69, 9.17) is 16.2 Å². The van der Waals surface area contributed by atoms with E-state index in [1.807, 2.05) is 0 Å². The number of anilines is 1. The van der Waals surface area contributed by atoms with E-state index in [0.29, 0.717) is 0 Å². The van der Waals surface area contributed by atoms with E-state index < -0.39 is 17.8 Å². The molecule has 0 aromatic heterocycles. The quantitative estimate of drug-likeness (QED) is 0.805. The van der Waals surface area contributed by atoms with Gasteiger partial charge in [-0.15, -0.1) is 0 Å². The maximum Gasteiger partial charge on any atom is 0.267 e. The molecular formula is C12H14F3N3O. The first-order valence-corrected chi connectivity index (χ1v) is 5.71. The Bertz CT molecular complexity index is 507. The van der Waals surface area contributed by atoms with Crippen LogP contribution in [0.1, 0.15) is 12.0 Å². The van der Waals surface area contributed by atoms with Gasteiger partial charge in [-0.25, -0.2) is 13.2 Å². The molecule has 1 heterocycles. The molecule has 0 fully saturated rings. The lowest BCUT2D eigenvalue weighted by atomic mass is 9.87. The third-order valence-corrected chi connectivity index (χ3v) is 3.04.